The van der Waals surface area contributed by atoms with Crippen molar-refractivity contribution in [2.24, 2.45) is 0 Å². The molecule has 6 nitrogen and oxygen atoms in total. The SMILES string of the molecule is C=C/C(=C\C(Cl)=C/C)c1cnc(C(=O)NCCC(=O)O)c(O)c1. The number of hydrogen-bond donors (Lipinski definition) is 3. The number of halogens is 1. The molecule has 1 amide bonds. The van der Waals surface area contributed by atoms with E-state index in [1.807, 2.05) is 0 Å². The van der Waals surface area contributed by atoms with Crippen molar-refractivity contribution in [3.8, 4) is 5.75 Å². The first-order valence-corrected chi connectivity index (χ1v) is 7.12. The Morgan fingerprint density at radius 1 is 1.48 bits per heavy atom. The number of carboxylic acids is 1. The van der Waals surface area contributed by atoms with Gasteiger partial charge in [-0.3, -0.25) is 9.59 Å². The van der Waals surface area contributed by atoms with Gasteiger partial charge < -0.3 is 15.5 Å². The zero-order valence-corrected chi connectivity index (χ0v) is 13.3. The normalized spacial score (nSPS) is 11.9. The number of aromatic hydroxyl groups is 1. The van der Waals surface area contributed by atoms with Gasteiger partial charge in [-0.2, -0.15) is 0 Å². The van der Waals surface area contributed by atoms with Crippen molar-refractivity contribution < 1.29 is 19.8 Å². The molecule has 122 valence electrons. The average Bonchev–Trinajstić information content (AvgIpc) is 2.51. The van der Waals surface area contributed by atoms with Crippen LogP contribution in [0.4, 0.5) is 0 Å². The number of allylic oxidation sites excluding steroid dienone is 5. The zero-order chi connectivity index (χ0) is 17.4. The summed E-state index contributed by atoms with van der Waals surface area (Å²) in [6.07, 6.45) is 6.09. The molecular formula is C16H17ClN2O4. The van der Waals surface area contributed by atoms with Gasteiger partial charge in [-0.1, -0.05) is 30.3 Å². The van der Waals surface area contributed by atoms with Crippen molar-refractivity contribution in [3.05, 3.63) is 53.4 Å². The van der Waals surface area contributed by atoms with Gasteiger partial charge in [-0.25, -0.2) is 4.98 Å². The van der Waals surface area contributed by atoms with Crippen LogP contribution in [0.25, 0.3) is 5.57 Å². The molecule has 1 aromatic rings. The number of amides is 1. The number of rotatable bonds is 7. The standard InChI is InChI=1S/C16H17ClN2O4/c1-3-10(7-12(17)4-2)11-8-13(20)15(19-9-11)16(23)18-6-5-14(21)22/h3-4,7-9,20H,1,5-6H2,2H3,(H,18,23)(H,21,22)/b10-7+,12-4+. The molecule has 1 heterocycles. The van der Waals surface area contributed by atoms with Crippen molar-refractivity contribution in [1.82, 2.24) is 10.3 Å². The Labute approximate surface area is 138 Å². The Bertz CT molecular complexity index is 681. The number of aromatic nitrogens is 1. The molecule has 0 saturated heterocycles. The van der Waals surface area contributed by atoms with E-state index in [2.05, 4.69) is 16.9 Å². The van der Waals surface area contributed by atoms with Gasteiger partial charge >= 0.3 is 5.97 Å². The lowest BCUT2D eigenvalue weighted by Gasteiger charge is -2.08. The zero-order valence-electron chi connectivity index (χ0n) is 12.5. The molecule has 0 radical (unpaired) electrons. The maximum Gasteiger partial charge on any atom is 0.305 e. The summed E-state index contributed by atoms with van der Waals surface area (Å²) in [5.74, 6) is -2.00. The first-order chi connectivity index (χ1) is 10.9. The molecule has 0 unspecified atom stereocenters. The lowest BCUT2D eigenvalue weighted by molar-refractivity contribution is -0.136. The fourth-order valence-electron chi connectivity index (χ4n) is 1.64. The molecule has 7 heteroatoms. The van der Waals surface area contributed by atoms with Gasteiger partial charge in [0.1, 0.15) is 5.75 Å². The molecule has 23 heavy (non-hydrogen) atoms. The summed E-state index contributed by atoms with van der Waals surface area (Å²) >= 11 is 5.93. The fourth-order valence-corrected chi connectivity index (χ4v) is 1.76. The van der Waals surface area contributed by atoms with E-state index in [0.717, 1.165) is 0 Å². The number of nitrogens with one attached hydrogen (secondary N) is 1. The third-order valence-electron chi connectivity index (χ3n) is 2.83. The summed E-state index contributed by atoms with van der Waals surface area (Å²) < 4.78 is 0. The summed E-state index contributed by atoms with van der Waals surface area (Å²) in [5.41, 5.74) is 0.994. The molecule has 0 saturated carbocycles. The molecule has 0 fully saturated rings. The number of nitrogens with zero attached hydrogens (tertiary/aromatic N) is 1. The first-order valence-electron chi connectivity index (χ1n) is 6.74. The highest BCUT2D eigenvalue weighted by molar-refractivity contribution is 6.31. The topological polar surface area (TPSA) is 99.5 Å². The lowest BCUT2D eigenvalue weighted by atomic mass is 10.1. The van der Waals surface area contributed by atoms with E-state index in [-0.39, 0.29) is 24.4 Å². The highest BCUT2D eigenvalue weighted by atomic mass is 35.5. The van der Waals surface area contributed by atoms with Crippen LogP contribution in [0.15, 0.2) is 42.1 Å². The van der Waals surface area contributed by atoms with Crippen molar-refractivity contribution in [2.75, 3.05) is 6.54 Å². The maximum absolute atomic E-state index is 11.8. The molecule has 0 aromatic carbocycles. The van der Waals surface area contributed by atoms with E-state index in [9.17, 15) is 14.7 Å². The smallest absolute Gasteiger partial charge is 0.305 e. The number of pyridine rings is 1. The molecular weight excluding hydrogens is 320 g/mol. The molecule has 1 rings (SSSR count). The molecule has 1 aromatic heterocycles. The van der Waals surface area contributed by atoms with Crippen LogP contribution >= 0.6 is 11.6 Å². The van der Waals surface area contributed by atoms with E-state index in [4.69, 9.17) is 16.7 Å². The van der Waals surface area contributed by atoms with Crippen molar-refractivity contribution in [3.63, 3.8) is 0 Å². The molecule has 0 aliphatic rings. The van der Waals surface area contributed by atoms with E-state index in [1.165, 1.54) is 12.3 Å². The number of carboxylic acid groups (broad SMARTS) is 1. The lowest BCUT2D eigenvalue weighted by Crippen LogP contribution is -2.26. The second kappa shape index (κ2) is 8.75. The summed E-state index contributed by atoms with van der Waals surface area (Å²) in [6, 6.07) is 1.37. The van der Waals surface area contributed by atoms with Crippen LogP contribution in [0.1, 0.15) is 29.4 Å². The summed E-state index contributed by atoms with van der Waals surface area (Å²) in [5, 5.41) is 21.3. The molecule has 3 N–H and O–H groups in total. The van der Waals surface area contributed by atoms with Crippen LogP contribution in [-0.2, 0) is 4.79 Å². The number of carbonyl (C=O) groups excluding carboxylic acids is 1. The number of carbonyl (C=O) groups is 2. The largest absolute Gasteiger partial charge is 0.505 e. The second-order valence-corrected chi connectivity index (χ2v) is 4.91. The van der Waals surface area contributed by atoms with E-state index < -0.39 is 11.9 Å². The minimum atomic E-state index is -1.03. The van der Waals surface area contributed by atoms with Gasteiger partial charge in [-0.15, -0.1) is 0 Å². The second-order valence-electron chi connectivity index (χ2n) is 4.47. The highest BCUT2D eigenvalue weighted by Gasteiger charge is 2.14. The minimum absolute atomic E-state index is 0.0498. The minimum Gasteiger partial charge on any atom is -0.505 e. The van der Waals surface area contributed by atoms with E-state index in [1.54, 1.807) is 25.2 Å². The number of aliphatic carboxylic acids is 1. The Morgan fingerprint density at radius 2 is 2.17 bits per heavy atom. The van der Waals surface area contributed by atoms with Gasteiger partial charge in [0.15, 0.2) is 5.69 Å². The Balaban J connectivity index is 2.97. The molecule has 0 atom stereocenters. The monoisotopic (exact) mass is 336 g/mol. The maximum atomic E-state index is 11.8. The van der Waals surface area contributed by atoms with Gasteiger partial charge in [0, 0.05) is 23.3 Å². The third kappa shape index (κ3) is 5.60. The van der Waals surface area contributed by atoms with Crippen LogP contribution in [0, 0.1) is 0 Å². The number of hydrogen-bond acceptors (Lipinski definition) is 4. The first kappa shape index (κ1) is 18.4. The summed E-state index contributed by atoms with van der Waals surface area (Å²) in [7, 11) is 0. The Morgan fingerprint density at radius 3 is 2.70 bits per heavy atom. The van der Waals surface area contributed by atoms with Crippen LogP contribution in [-0.4, -0.2) is 33.6 Å². The third-order valence-corrected chi connectivity index (χ3v) is 3.16. The van der Waals surface area contributed by atoms with Crippen LogP contribution < -0.4 is 5.32 Å². The average molecular weight is 337 g/mol. The highest BCUT2D eigenvalue weighted by Crippen LogP contribution is 2.24. The molecule has 0 bridgehead atoms. The quantitative estimate of drug-likeness (QED) is 0.665. The molecule has 0 spiro atoms. The van der Waals surface area contributed by atoms with Crippen molar-refractivity contribution in [2.45, 2.75) is 13.3 Å². The van der Waals surface area contributed by atoms with Crippen molar-refractivity contribution >= 4 is 29.1 Å². The van der Waals surface area contributed by atoms with Gasteiger partial charge in [0.05, 0.1) is 6.42 Å². The fraction of sp³-hybridized carbons (Fsp3) is 0.188. The van der Waals surface area contributed by atoms with E-state index >= 15 is 0 Å². The van der Waals surface area contributed by atoms with Gasteiger partial charge in [0.2, 0.25) is 0 Å². The van der Waals surface area contributed by atoms with Crippen LogP contribution in [0.5, 0.6) is 5.75 Å². The predicted octanol–water partition coefficient (Wildman–Crippen LogP) is 2.70. The predicted molar refractivity (Wildman–Crippen MR) is 88.3 cm³/mol. The van der Waals surface area contributed by atoms with E-state index in [0.29, 0.717) is 16.2 Å². The van der Waals surface area contributed by atoms with Crippen molar-refractivity contribution in [1.29, 1.82) is 0 Å². The van der Waals surface area contributed by atoms with Crippen LogP contribution in [0.2, 0.25) is 0 Å². The van der Waals surface area contributed by atoms with Crippen LogP contribution in [0.3, 0.4) is 0 Å². The Hall–Kier alpha value is -2.60. The van der Waals surface area contributed by atoms with Gasteiger partial charge in [-0.05, 0) is 24.6 Å². The molecule has 0 aliphatic heterocycles. The summed E-state index contributed by atoms with van der Waals surface area (Å²) in [6.45, 7) is 5.40. The Kier molecular flexibility index (Phi) is 7.02. The summed E-state index contributed by atoms with van der Waals surface area (Å²) in [4.78, 5) is 26.1. The molecule has 0 aliphatic carbocycles. The van der Waals surface area contributed by atoms with Gasteiger partial charge in [0.25, 0.3) is 5.91 Å².